The van der Waals surface area contributed by atoms with E-state index in [-0.39, 0.29) is 5.92 Å². The van der Waals surface area contributed by atoms with Crippen LogP contribution in [-0.2, 0) is 0 Å². The molecule has 0 radical (unpaired) electrons. The third-order valence-electron chi connectivity index (χ3n) is 5.07. The summed E-state index contributed by atoms with van der Waals surface area (Å²) in [7, 11) is 0. The fourth-order valence-corrected chi connectivity index (χ4v) is 3.72. The van der Waals surface area contributed by atoms with Crippen molar-refractivity contribution in [3.05, 3.63) is 60.2 Å². The monoisotopic (exact) mass is 386 g/mol. The lowest BCUT2D eigenvalue weighted by atomic mass is 10.1. The predicted octanol–water partition coefficient (Wildman–Crippen LogP) is 4.80. The molecule has 0 amide bonds. The maximum Gasteiger partial charge on any atom is 0.401 e. The highest BCUT2D eigenvalue weighted by Gasteiger charge is 2.35. The standard InChI is InChI=1S/C21H21F3N4/c1-14-19(16-7-8-18(25-11-16)15-5-3-2-4-6-15)27-20(26-14)17-9-10-28(12-17)13-21(22,23)24/h2-8,11,17H,9-10,12-13H2,1H3,(H,26,27)/t17-/m1/s1. The van der Waals surface area contributed by atoms with Gasteiger partial charge in [0.2, 0.25) is 0 Å². The van der Waals surface area contributed by atoms with Crippen LogP contribution in [0.15, 0.2) is 48.7 Å². The quantitative estimate of drug-likeness (QED) is 0.701. The van der Waals surface area contributed by atoms with Crippen LogP contribution in [0.25, 0.3) is 22.5 Å². The van der Waals surface area contributed by atoms with Gasteiger partial charge in [-0.25, -0.2) is 4.98 Å². The average molecular weight is 386 g/mol. The van der Waals surface area contributed by atoms with Crippen molar-refractivity contribution in [1.82, 2.24) is 19.9 Å². The van der Waals surface area contributed by atoms with Gasteiger partial charge >= 0.3 is 6.18 Å². The molecule has 1 saturated heterocycles. The van der Waals surface area contributed by atoms with Gasteiger partial charge in [0, 0.05) is 35.5 Å². The topological polar surface area (TPSA) is 44.8 Å². The number of nitrogens with one attached hydrogen (secondary N) is 1. The van der Waals surface area contributed by atoms with Gasteiger partial charge in [0.15, 0.2) is 0 Å². The van der Waals surface area contributed by atoms with Gasteiger partial charge in [0.1, 0.15) is 5.82 Å². The van der Waals surface area contributed by atoms with Crippen molar-refractivity contribution in [1.29, 1.82) is 0 Å². The first-order chi connectivity index (χ1) is 13.4. The normalized spacial score (nSPS) is 17.9. The molecule has 1 aliphatic heterocycles. The Morgan fingerprint density at radius 1 is 1.11 bits per heavy atom. The van der Waals surface area contributed by atoms with Gasteiger partial charge < -0.3 is 4.98 Å². The Kier molecular flexibility index (Phi) is 4.93. The van der Waals surface area contributed by atoms with Crippen LogP contribution in [0.2, 0.25) is 0 Å². The summed E-state index contributed by atoms with van der Waals surface area (Å²) in [6.45, 7) is 1.88. The number of alkyl halides is 3. The fraction of sp³-hybridized carbons (Fsp3) is 0.333. The lowest BCUT2D eigenvalue weighted by Gasteiger charge is -2.17. The van der Waals surface area contributed by atoms with Crippen molar-refractivity contribution in [3.63, 3.8) is 0 Å². The summed E-state index contributed by atoms with van der Waals surface area (Å²) in [5.74, 6) is 0.746. The van der Waals surface area contributed by atoms with Crippen LogP contribution in [0.1, 0.15) is 23.9 Å². The van der Waals surface area contributed by atoms with E-state index < -0.39 is 12.7 Å². The lowest BCUT2D eigenvalue weighted by Crippen LogP contribution is -2.32. The third-order valence-corrected chi connectivity index (χ3v) is 5.07. The SMILES string of the molecule is Cc1[nH]c([C@@H]2CCN(CC(F)(F)F)C2)nc1-c1ccc(-c2ccccc2)nc1. The van der Waals surface area contributed by atoms with E-state index in [9.17, 15) is 13.2 Å². The van der Waals surface area contributed by atoms with Crippen LogP contribution in [0.5, 0.6) is 0 Å². The summed E-state index contributed by atoms with van der Waals surface area (Å²) in [4.78, 5) is 13.9. The summed E-state index contributed by atoms with van der Waals surface area (Å²) >= 11 is 0. The van der Waals surface area contributed by atoms with Crippen molar-refractivity contribution >= 4 is 0 Å². The number of H-pyrrole nitrogens is 1. The van der Waals surface area contributed by atoms with Crippen molar-refractivity contribution < 1.29 is 13.2 Å². The maximum atomic E-state index is 12.6. The molecular weight excluding hydrogens is 365 g/mol. The number of benzene rings is 1. The summed E-state index contributed by atoms with van der Waals surface area (Å²) in [6, 6.07) is 13.9. The van der Waals surface area contributed by atoms with Crippen LogP contribution >= 0.6 is 0 Å². The molecule has 0 bridgehead atoms. The predicted molar refractivity (Wildman–Crippen MR) is 102 cm³/mol. The Balaban J connectivity index is 1.51. The molecule has 4 nitrogen and oxygen atoms in total. The number of likely N-dealkylation sites (tertiary alicyclic amines) is 1. The molecule has 1 fully saturated rings. The minimum absolute atomic E-state index is 0.00801. The van der Waals surface area contributed by atoms with E-state index in [0.29, 0.717) is 19.5 Å². The first-order valence-electron chi connectivity index (χ1n) is 9.26. The number of halogens is 3. The summed E-state index contributed by atoms with van der Waals surface area (Å²) in [5.41, 5.74) is 4.53. The summed E-state index contributed by atoms with van der Waals surface area (Å²) in [6.07, 6.45) is -1.70. The van der Waals surface area contributed by atoms with Gasteiger partial charge in [-0.3, -0.25) is 9.88 Å². The van der Waals surface area contributed by atoms with E-state index in [1.165, 1.54) is 4.90 Å². The molecule has 3 heterocycles. The molecule has 0 unspecified atom stereocenters. The molecule has 2 aromatic heterocycles. The van der Waals surface area contributed by atoms with Crippen molar-refractivity contribution in [2.75, 3.05) is 19.6 Å². The van der Waals surface area contributed by atoms with E-state index in [0.717, 1.165) is 34.0 Å². The second-order valence-corrected chi connectivity index (χ2v) is 7.23. The third kappa shape index (κ3) is 4.09. The second-order valence-electron chi connectivity index (χ2n) is 7.23. The molecule has 3 aromatic rings. The lowest BCUT2D eigenvalue weighted by molar-refractivity contribution is -0.143. The van der Waals surface area contributed by atoms with Gasteiger partial charge in [-0.05, 0) is 32.0 Å². The minimum atomic E-state index is -4.16. The second kappa shape index (κ2) is 7.39. The molecule has 146 valence electrons. The zero-order valence-electron chi connectivity index (χ0n) is 15.5. The van der Waals surface area contributed by atoms with Gasteiger partial charge in [0.25, 0.3) is 0 Å². The molecule has 4 rings (SSSR count). The number of aryl methyl sites for hydroxylation is 1. The molecule has 0 spiro atoms. The highest BCUT2D eigenvalue weighted by molar-refractivity contribution is 5.66. The van der Waals surface area contributed by atoms with Crippen LogP contribution in [0.3, 0.4) is 0 Å². The molecule has 7 heteroatoms. The molecule has 0 aliphatic carbocycles. The highest BCUT2D eigenvalue weighted by Crippen LogP contribution is 2.31. The maximum absolute atomic E-state index is 12.6. The summed E-state index contributed by atoms with van der Waals surface area (Å²) in [5, 5.41) is 0. The molecule has 28 heavy (non-hydrogen) atoms. The largest absolute Gasteiger partial charge is 0.401 e. The first kappa shape index (κ1) is 18.7. The Morgan fingerprint density at radius 2 is 1.89 bits per heavy atom. The molecule has 1 atom stereocenters. The van der Waals surface area contributed by atoms with Gasteiger partial charge in [-0.15, -0.1) is 0 Å². The van der Waals surface area contributed by atoms with Crippen molar-refractivity contribution in [2.24, 2.45) is 0 Å². The number of rotatable bonds is 4. The molecule has 1 N–H and O–H groups in total. The minimum Gasteiger partial charge on any atom is -0.345 e. The van der Waals surface area contributed by atoms with Crippen molar-refractivity contribution in [2.45, 2.75) is 25.4 Å². The average Bonchev–Trinajstić information content (AvgIpc) is 3.28. The van der Waals surface area contributed by atoms with E-state index in [1.54, 1.807) is 6.20 Å². The summed E-state index contributed by atoms with van der Waals surface area (Å²) < 4.78 is 37.8. The number of pyridine rings is 1. The van der Waals surface area contributed by atoms with E-state index in [1.807, 2.05) is 49.4 Å². The number of nitrogens with zero attached hydrogens (tertiary/aromatic N) is 3. The number of aromatic amines is 1. The Morgan fingerprint density at radius 3 is 2.57 bits per heavy atom. The zero-order chi connectivity index (χ0) is 19.7. The number of hydrogen-bond donors (Lipinski definition) is 1. The van der Waals surface area contributed by atoms with Gasteiger partial charge in [0.05, 0.1) is 17.9 Å². The van der Waals surface area contributed by atoms with E-state index in [2.05, 4.69) is 9.97 Å². The zero-order valence-corrected chi connectivity index (χ0v) is 15.5. The number of imidazole rings is 1. The van der Waals surface area contributed by atoms with E-state index >= 15 is 0 Å². The smallest absolute Gasteiger partial charge is 0.345 e. The Hall–Kier alpha value is -2.67. The molecule has 0 saturated carbocycles. The van der Waals surface area contributed by atoms with Gasteiger partial charge in [-0.1, -0.05) is 30.3 Å². The van der Waals surface area contributed by atoms with Crippen LogP contribution < -0.4 is 0 Å². The van der Waals surface area contributed by atoms with Crippen molar-refractivity contribution in [3.8, 4) is 22.5 Å². The van der Waals surface area contributed by atoms with Gasteiger partial charge in [-0.2, -0.15) is 13.2 Å². The van der Waals surface area contributed by atoms with Crippen LogP contribution in [-0.4, -0.2) is 45.7 Å². The van der Waals surface area contributed by atoms with E-state index in [4.69, 9.17) is 4.98 Å². The first-order valence-corrected chi connectivity index (χ1v) is 9.26. The molecule has 1 aliphatic rings. The fourth-order valence-electron chi connectivity index (χ4n) is 3.72. The molecular formula is C21H21F3N4. The Bertz CT molecular complexity index is 933. The highest BCUT2D eigenvalue weighted by atomic mass is 19.4. The van der Waals surface area contributed by atoms with Crippen LogP contribution in [0, 0.1) is 6.92 Å². The van der Waals surface area contributed by atoms with Crippen LogP contribution in [0.4, 0.5) is 13.2 Å². The number of hydrogen-bond acceptors (Lipinski definition) is 3. The number of aromatic nitrogens is 3. The molecule has 1 aromatic carbocycles. The Labute approximate surface area is 161 Å².